The van der Waals surface area contributed by atoms with Gasteiger partial charge in [-0.3, -0.25) is 0 Å². The number of sulfonamides is 1. The van der Waals surface area contributed by atoms with Crippen molar-refractivity contribution in [3.63, 3.8) is 0 Å². The number of carboxylic acids is 1. The predicted molar refractivity (Wildman–Crippen MR) is 74.0 cm³/mol. The summed E-state index contributed by atoms with van der Waals surface area (Å²) < 4.78 is 33.1. The number of para-hydroxylation sites is 1. The number of hydrogen-bond donors (Lipinski definition) is 0. The number of nitrogens with zero attached hydrogens (tertiary/aromatic N) is 1. The van der Waals surface area contributed by atoms with E-state index in [-0.39, 0.29) is 16.1 Å². The summed E-state index contributed by atoms with van der Waals surface area (Å²) in [5, 5.41) is 10.8. The third-order valence-electron chi connectivity index (χ3n) is 2.67. The van der Waals surface area contributed by atoms with Crippen LogP contribution in [0.1, 0.15) is 10.4 Å². The van der Waals surface area contributed by atoms with Crippen molar-refractivity contribution in [2.45, 2.75) is 4.90 Å². The first-order chi connectivity index (χ1) is 9.94. The van der Waals surface area contributed by atoms with E-state index in [1.54, 1.807) is 18.2 Å². The normalized spacial score (nSPS) is 10.9. The van der Waals surface area contributed by atoms with Crippen molar-refractivity contribution in [3.05, 3.63) is 58.8 Å². The van der Waals surface area contributed by atoms with Crippen LogP contribution in [0.2, 0.25) is 0 Å². The van der Waals surface area contributed by atoms with Crippen molar-refractivity contribution in [2.24, 2.45) is 0 Å². The topological polar surface area (TPSA) is 97.6 Å². The average Bonchev–Trinajstić information content (AvgIpc) is 2.47. The number of rotatable bonds is 5. The second-order valence-electron chi connectivity index (χ2n) is 4.05. The molecule has 0 aliphatic heterocycles. The van der Waals surface area contributed by atoms with Crippen LogP contribution in [0.4, 0.5) is 5.69 Å². The van der Waals surface area contributed by atoms with Gasteiger partial charge in [0.15, 0.2) is 0 Å². The fourth-order valence-corrected chi connectivity index (χ4v) is 2.71. The molecular formula is C14H11NO5S-2. The van der Waals surface area contributed by atoms with E-state index in [1.165, 1.54) is 31.4 Å². The summed E-state index contributed by atoms with van der Waals surface area (Å²) in [6, 6.07) is 11.2. The van der Waals surface area contributed by atoms with Gasteiger partial charge in [0.25, 0.3) is 0 Å². The van der Waals surface area contributed by atoms with Crippen LogP contribution >= 0.6 is 0 Å². The molecule has 0 radical (unpaired) electrons. The zero-order valence-electron chi connectivity index (χ0n) is 11.0. The standard InChI is InChI=1S/C14H12NO5S/c1-20-13-8-3-2-7-12(13)15-21(18,19)11-6-4-5-10(9-11)14(16)17/h2-9H,1H3,(H,16,17)/q-1/p-1. The molecule has 0 spiro atoms. The Kier molecular flexibility index (Phi) is 4.13. The Bertz CT molecular complexity index is 770. The molecule has 0 aromatic heterocycles. The van der Waals surface area contributed by atoms with Crippen molar-refractivity contribution in [3.8, 4) is 5.75 Å². The SMILES string of the molecule is COc1ccccc1[N-]S(=O)(=O)c1cccc(C(=O)[O-])c1. The maximum Gasteiger partial charge on any atom is 0.123 e. The fraction of sp³-hybridized carbons (Fsp3) is 0.0714. The molecule has 0 aliphatic rings. The number of carbonyl (C=O) groups excluding carboxylic acids is 1. The first-order valence-electron chi connectivity index (χ1n) is 5.86. The van der Waals surface area contributed by atoms with Crippen molar-refractivity contribution in [1.29, 1.82) is 0 Å². The number of aromatic carboxylic acids is 1. The molecule has 6 nitrogen and oxygen atoms in total. The van der Waals surface area contributed by atoms with Gasteiger partial charge >= 0.3 is 0 Å². The van der Waals surface area contributed by atoms with Crippen molar-refractivity contribution in [2.75, 3.05) is 7.11 Å². The fourth-order valence-electron chi connectivity index (χ4n) is 1.67. The highest BCUT2D eigenvalue weighted by atomic mass is 32.2. The van der Waals surface area contributed by atoms with E-state index in [2.05, 4.69) is 4.72 Å². The summed E-state index contributed by atoms with van der Waals surface area (Å²) >= 11 is 0. The summed E-state index contributed by atoms with van der Waals surface area (Å²) in [6.07, 6.45) is 0. The first-order valence-corrected chi connectivity index (χ1v) is 7.30. The highest BCUT2D eigenvalue weighted by Gasteiger charge is 2.07. The highest BCUT2D eigenvalue weighted by molar-refractivity contribution is 7.94. The van der Waals surface area contributed by atoms with Crippen LogP contribution in [-0.4, -0.2) is 21.5 Å². The van der Waals surface area contributed by atoms with Crippen molar-refractivity contribution >= 4 is 21.7 Å². The van der Waals surface area contributed by atoms with Gasteiger partial charge in [0.05, 0.1) is 18.0 Å². The average molecular weight is 305 g/mol. The minimum Gasteiger partial charge on any atom is -0.570 e. The van der Waals surface area contributed by atoms with Gasteiger partial charge in [-0.25, -0.2) is 8.42 Å². The zero-order valence-corrected chi connectivity index (χ0v) is 11.8. The highest BCUT2D eigenvalue weighted by Crippen LogP contribution is 2.35. The quantitative estimate of drug-likeness (QED) is 0.832. The third-order valence-corrected chi connectivity index (χ3v) is 3.96. The van der Waals surface area contributed by atoms with E-state index in [1.807, 2.05) is 0 Å². The number of carboxylic acid groups (broad SMARTS) is 1. The van der Waals surface area contributed by atoms with E-state index >= 15 is 0 Å². The van der Waals surface area contributed by atoms with Crippen LogP contribution in [0.15, 0.2) is 53.4 Å². The molecule has 2 rings (SSSR count). The van der Waals surface area contributed by atoms with Crippen LogP contribution in [0.3, 0.4) is 0 Å². The molecule has 2 aromatic carbocycles. The maximum absolute atomic E-state index is 12.2. The molecule has 0 unspecified atom stereocenters. The van der Waals surface area contributed by atoms with E-state index < -0.39 is 16.0 Å². The summed E-state index contributed by atoms with van der Waals surface area (Å²) in [4.78, 5) is 10.6. The molecule has 110 valence electrons. The molecule has 0 heterocycles. The summed E-state index contributed by atoms with van der Waals surface area (Å²) in [7, 11) is -2.65. The lowest BCUT2D eigenvalue weighted by molar-refractivity contribution is -0.255. The molecule has 21 heavy (non-hydrogen) atoms. The van der Waals surface area contributed by atoms with Crippen molar-refractivity contribution in [1.82, 2.24) is 0 Å². The Morgan fingerprint density at radius 3 is 2.52 bits per heavy atom. The van der Waals surface area contributed by atoms with E-state index in [4.69, 9.17) is 4.74 Å². The third kappa shape index (κ3) is 3.32. The summed E-state index contributed by atoms with van der Waals surface area (Å²) in [5.74, 6) is -1.15. The Balaban J connectivity index is 2.39. The number of hydrogen-bond acceptors (Lipinski definition) is 5. The van der Waals surface area contributed by atoms with Gasteiger partial charge in [0.1, 0.15) is 15.8 Å². The van der Waals surface area contributed by atoms with Gasteiger partial charge in [0.2, 0.25) is 0 Å². The number of carbonyl (C=O) groups is 1. The van der Waals surface area contributed by atoms with Gasteiger partial charge in [-0.2, -0.15) is 0 Å². The maximum atomic E-state index is 12.2. The second-order valence-corrected chi connectivity index (χ2v) is 5.66. The minimum atomic E-state index is -4.05. The lowest BCUT2D eigenvalue weighted by atomic mass is 10.2. The summed E-state index contributed by atoms with van der Waals surface area (Å²) in [6.45, 7) is 0. The lowest BCUT2D eigenvalue weighted by Gasteiger charge is -2.24. The molecule has 0 aliphatic carbocycles. The van der Waals surface area contributed by atoms with E-state index in [9.17, 15) is 18.3 Å². The Morgan fingerprint density at radius 1 is 1.14 bits per heavy atom. The minimum absolute atomic E-state index is 0.138. The van der Waals surface area contributed by atoms with Crippen LogP contribution in [0.25, 0.3) is 4.72 Å². The Labute approximate surface area is 122 Å². The first kappa shape index (κ1) is 14.9. The zero-order chi connectivity index (χ0) is 15.5. The molecule has 0 amide bonds. The number of benzene rings is 2. The lowest BCUT2D eigenvalue weighted by Crippen LogP contribution is -2.22. The molecule has 0 saturated heterocycles. The van der Waals surface area contributed by atoms with Crippen LogP contribution in [0, 0.1) is 0 Å². The largest absolute Gasteiger partial charge is 0.570 e. The van der Waals surface area contributed by atoms with Gasteiger partial charge in [-0.05, 0) is 23.8 Å². The number of methoxy groups -OCH3 is 1. The van der Waals surface area contributed by atoms with E-state index in [0.29, 0.717) is 5.75 Å². The van der Waals surface area contributed by atoms with Crippen LogP contribution in [-0.2, 0) is 10.0 Å². The molecule has 0 N–H and O–H groups in total. The molecule has 7 heteroatoms. The van der Waals surface area contributed by atoms with Crippen LogP contribution < -0.4 is 9.84 Å². The smallest absolute Gasteiger partial charge is 0.123 e. The molecular weight excluding hydrogens is 294 g/mol. The van der Waals surface area contributed by atoms with Gasteiger partial charge in [-0.1, -0.05) is 36.0 Å². The Hall–Kier alpha value is -2.54. The molecule has 0 saturated carbocycles. The molecule has 0 atom stereocenters. The van der Waals surface area contributed by atoms with Gasteiger partial charge in [0, 0.05) is 0 Å². The predicted octanol–water partition coefficient (Wildman–Crippen LogP) is 1.45. The van der Waals surface area contributed by atoms with Gasteiger partial charge in [-0.15, -0.1) is 0 Å². The number of ether oxygens (including phenoxy) is 1. The summed E-state index contributed by atoms with van der Waals surface area (Å²) in [5.41, 5.74) is -0.0924. The van der Waals surface area contributed by atoms with Crippen molar-refractivity contribution < 1.29 is 23.1 Å². The van der Waals surface area contributed by atoms with Crippen LogP contribution in [0.5, 0.6) is 5.75 Å². The molecule has 2 aromatic rings. The Morgan fingerprint density at radius 2 is 1.86 bits per heavy atom. The van der Waals surface area contributed by atoms with E-state index in [0.717, 1.165) is 6.07 Å². The second kappa shape index (κ2) is 5.84. The monoisotopic (exact) mass is 305 g/mol. The van der Waals surface area contributed by atoms with Gasteiger partial charge < -0.3 is 19.4 Å². The molecule has 0 fully saturated rings. The molecule has 0 bridgehead atoms.